The van der Waals surface area contributed by atoms with Gasteiger partial charge in [-0.1, -0.05) is 0 Å². The lowest BCUT2D eigenvalue weighted by atomic mass is 10.5. The van der Waals surface area contributed by atoms with Crippen molar-refractivity contribution >= 4 is 18.3 Å². The molecule has 0 aromatic rings. The molecule has 0 aromatic heterocycles. The first kappa shape index (κ1) is 9.54. The van der Waals surface area contributed by atoms with Crippen molar-refractivity contribution in [3.63, 3.8) is 0 Å². The van der Waals surface area contributed by atoms with Crippen LogP contribution in [0.2, 0.25) is 0 Å². The van der Waals surface area contributed by atoms with E-state index in [9.17, 15) is 0 Å². The zero-order valence-corrected chi connectivity index (χ0v) is 7.90. The van der Waals surface area contributed by atoms with Gasteiger partial charge in [0.2, 0.25) is 0 Å². The Kier molecular flexibility index (Phi) is 3.39. The van der Waals surface area contributed by atoms with Crippen LogP contribution in [0.15, 0.2) is 0 Å². The standard InChI is InChI=1S/C4H13N4OPS/c5-10(6,11)7-8-1-3-9-4-2-8/h1-4H2,(H5,5,6,7,11). The number of nitrogens with zero attached hydrogens (tertiary/aromatic N) is 1. The molecule has 0 spiro atoms. The summed E-state index contributed by atoms with van der Waals surface area (Å²) in [5.41, 5.74) is 11.0. The molecule has 1 saturated heterocycles. The second-order valence-electron chi connectivity index (χ2n) is 2.41. The van der Waals surface area contributed by atoms with Crippen LogP contribution in [0.3, 0.4) is 0 Å². The van der Waals surface area contributed by atoms with Gasteiger partial charge in [0.05, 0.1) is 13.2 Å². The Morgan fingerprint density at radius 2 is 1.91 bits per heavy atom. The number of hydrogen-bond acceptors (Lipinski definition) is 3. The van der Waals surface area contributed by atoms with Crippen molar-refractivity contribution in [2.45, 2.75) is 0 Å². The van der Waals surface area contributed by atoms with Gasteiger partial charge in [-0.05, 0) is 11.8 Å². The van der Waals surface area contributed by atoms with E-state index in [2.05, 4.69) is 5.20 Å². The van der Waals surface area contributed by atoms with Crippen LogP contribution in [-0.2, 0) is 16.5 Å². The number of rotatable bonds is 2. The van der Waals surface area contributed by atoms with Crippen molar-refractivity contribution in [1.29, 1.82) is 0 Å². The highest BCUT2D eigenvalue weighted by Gasteiger charge is 2.13. The number of nitrogens with one attached hydrogen (secondary N) is 1. The van der Waals surface area contributed by atoms with Gasteiger partial charge in [-0.15, -0.1) is 0 Å². The third kappa shape index (κ3) is 4.12. The van der Waals surface area contributed by atoms with E-state index < -0.39 is 6.49 Å². The summed E-state index contributed by atoms with van der Waals surface area (Å²) in [6.07, 6.45) is 0. The van der Waals surface area contributed by atoms with Gasteiger partial charge in [0.25, 0.3) is 0 Å². The molecule has 1 fully saturated rings. The average Bonchev–Trinajstić information content (AvgIpc) is 1.85. The molecule has 1 rings (SSSR count). The maximum atomic E-state index is 5.48. The van der Waals surface area contributed by atoms with Crippen LogP contribution < -0.4 is 16.2 Å². The molecular weight excluding hydrogens is 183 g/mol. The minimum atomic E-state index is -2.28. The highest BCUT2D eigenvalue weighted by molar-refractivity contribution is 8.11. The lowest BCUT2D eigenvalue weighted by molar-refractivity contribution is 0.0277. The fourth-order valence-corrected chi connectivity index (χ4v) is 1.87. The normalized spacial score (nSPS) is 22.0. The predicted molar refractivity (Wildman–Crippen MR) is 48.2 cm³/mol. The Morgan fingerprint density at radius 1 is 1.36 bits per heavy atom. The van der Waals surface area contributed by atoms with Crippen molar-refractivity contribution in [3.8, 4) is 0 Å². The Balaban J connectivity index is 2.30. The zero-order chi connectivity index (χ0) is 8.32. The maximum Gasteiger partial charge on any atom is 0.145 e. The molecule has 0 bridgehead atoms. The van der Waals surface area contributed by atoms with Crippen LogP contribution in [-0.4, -0.2) is 31.3 Å². The van der Waals surface area contributed by atoms with E-state index in [1.807, 2.05) is 5.01 Å². The van der Waals surface area contributed by atoms with Crippen LogP contribution in [0, 0.1) is 0 Å². The molecule has 7 heteroatoms. The molecule has 1 aliphatic rings. The van der Waals surface area contributed by atoms with Crippen molar-refractivity contribution in [1.82, 2.24) is 10.2 Å². The van der Waals surface area contributed by atoms with E-state index in [1.165, 1.54) is 0 Å². The highest BCUT2D eigenvalue weighted by atomic mass is 32.4. The van der Waals surface area contributed by atoms with Crippen LogP contribution in [0.4, 0.5) is 0 Å². The minimum absolute atomic E-state index is 0.711. The summed E-state index contributed by atoms with van der Waals surface area (Å²) in [6, 6.07) is 0. The quantitative estimate of drug-likeness (QED) is 0.490. The van der Waals surface area contributed by atoms with E-state index in [-0.39, 0.29) is 0 Å². The van der Waals surface area contributed by atoms with Crippen LogP contribution in [0.25, 0.3) is 0 Å². The lowest BCUT2D eigenvalue weighted by Crippen LogP contribution is -2.46. The van der Waals surface area contributed by atoms with E-state index in [0.717, 1.165) is 13.1 Å². The van der Waals surface area contributed by atoms with Gasteiger partial charge in [-0.2, -0.15) is 0 Å². The number of hydrazine groups is 1. The molecule has 5 N–H and O–H groups in total. The maximum absolute atomic E-state index is 5.48. The molecule has 0 atom stereocenters. The average molecular weight is 196 g/mol. The summed E-state index contributed by atoms with van der Waals surface area (Å²) in [4.78, 5) is 0. The summed E-state index contributed by atoms with van der Waals surface area (Å²) >= 11 is 4.84. The van der Waals surface area contributed by atoms with Gasteiger partial charge < -0.3 is 4.74 Å². The van der Waals surface area contributed by atoms with Gasteiger partial charge in [-0.25, -0.2) is 10.2 Å². The summed E-state index contributed by atoms with van der Waals surface area (Å²) < 4.78 is 5.13. The van der Waals surface area contributed by atoms with Gasteiger partial charge in [0.15, 0.2) is 0 Å². The number of hydrogen-bond donors (Lipinski definition) is 3. The van der Waals surface area contributed by atoms with Crippen molar-refractivity contribution in [3.05, 3.63) is 0 Å². The van der Waals surface area contributed by atoms with E-state index >= 15 is 0 Å². The number of morpholine rings is 1. The molecule has 1 heterocycles. The predicted octanol–water partition coefficient (Wildman–Crippen LogP) is -1.03. The monoisotopic (exact) mass is 196 g/mol. The molecule has 0 amide bonds. The Hall–Kier alpha value is 0.450. The first-order valence-corrected chi connectivity index (χ1v) is 6.30. The Labute approximate surface area is 71.2 Å². The third-order valence-electron chi connectivity index (χ3n) is 1.31. The first-order valence-electron chi connectivity index (χ1n) is 3.36. The number of nitrogens with two attached hydrogens (primary N) is 2. The third-order valence-corrected chi connectivity index (χ3v) is 2.15. The van der Waals surface area contributed by atoms with E-state index in [4.69, 9.17) is 27.6 Å². The van der Waals surface area contributed by atoms with E-state index in [1.54, 1.807) is 0 Å². The summed E-state index contributed by atoms with van der Waals surface area (Å²) in [7, 11) is 0. The largest absolute Gasteiger partial charge is 0.379 e. The van der Waals surface area contributed by atoms with Gasteiger partial charge in [0.1, 0.15) is 6.49 Å². The van der Waals surface area contributed by atoms with Gasteiger partial charge in [0, 0.05) is 13.1 Å². The molecule has 66 valence electrons. The molecular formula is C4H13N4OPS. The second kappa shape index (κ2) is 3.91. The lowest BCUT2D eigenvalue weighted by Gasteiger charge is -2.29. The van der Waals surface area contributed by atoms with Crippen molar-refractivity contribution < 1.29 is 4.74 Å². The molecule has 11 heavy (non-hydrogen) atoms. The molecule has 0 unspecified atom stereocenters. The molecule has 0 radical (unpaired) electrons. The Morgan fingerprint density at radius 3 is 2.36 bits per heavy atom. The van der Waals surface area contributed by atoms with Crippen LogP contribution in [0.5, 0.6) is 0 Å². The topological polar surface area (TPSA) is 76.5 Å². The van der Waals surface area contributed by atoms with Gasteiger partial charge in [-0.3, -0.25) is 11.0 Å². The van der Waals surface area contributed by atoms with E-state index in [0.29, 0.717) is 13.2 Å². The number of ether oxygens (including phenoxy) is 1. The minimum Gasteiger partial charge on any atom is -0.379 e. The molecule has 5 nitrogen and oxygen atoms in total. The molecule has 1 aliphatic heterocycles. The molecule has 0 saturated carbocycles. The summed E-state index contributed by atoms with van der Waals surface area (Å²) in [6.45, 7) is 0.738. The van der Waals surface area contributed by atoms with Crippen LogP contribution in [0.1, 0.15) is 0 Å². The summed E-state index contributed by atoms with van der Waals surface area (Å²) in [5, 5.41) is 4.81. The second-order valence-corrected chi connectivity index (χ2v) is 5.84. The van der Waals surface area contributed by atoms with Crippen LogP contribution >= 0.6 is 6.49 Å². The van der Waals surface area contributed by atoms with Gasteiger partial charge >= 0.3 is 0 Å². The zero-order valence-electron chi connectivity index (χ0n) is 6.19. The molecule has 0 aromatic carbocycles. The smallest absolute Gasteiger partial charge is 0.145 e. The van der Waals surface area contributed by atoms with Crippen molar-refractivity contribution in [2.75, 3.05) is 26.3 Å². The fraction of sp³-hybridized carbons (Fsp3) is 1.00. The summed E-state index contributed by atoms with van der Waals surface area (Å²) in [5.74, 6) is 0. The van der Waals surface area contributed by atoms with Crippen molar-refractivity contribution in [2.24, 2.45) is 11.0 Å². The molecule has 0 aliphatic carbocycles. The fourth-order valence-electron chi connectivity index (χ4n) is 0.884. The SMILES string of the molecule is NP(N)(=S)NN1CCOCC1. The Bertz CT molecular complexity index is 165. The highest BCUT2D eigenvalue weighted by Crippen LogP contribution is 2.19. The first-order chi connectivity index (χ1) is 5.08.